The summed E-state index contributed by atoms with van der Waals surface area (Å²) in [5.74, 6) is -3.55. The second kappa shape index (κ2) is 12.4. The van der Waals surface area contributed by atoms with Gasteiger partial charge in [0.1, 0.15) is 23.7 Å². The number of likely N-dealkylation sites (tertiary alicyclic amines) is 1. The van der Waals surface area contributed by atoms with Gasteiger partial charge in [-0.05, 0) is 67.8 Å². The van der Waals surface area contributed by atoms with E-state index in [1.807, 2.05) is 0 Å². The fraction of sp³-hybridized carbons (Fsp3) is 0.265. The van der Waals surface area contributed by atoms with Crippen LogP contribution in [0.3, 0.4) is 0 Å². The van der Waals surface area contributed by atoms with Crippen LogP contribution in [0.1, 0.15) is 63.2 Å². The first-order valence-corrected chi connectivity index (χ1v) is 15.0. The van der Waals surface area contributed by atoms with Crippen molar-refractivity contribution >= 4 is 23.5 Å². The molecule has 1 saturated heterocycles. The summed E-state index contributed by atoms with van der Waals surface area (Å²) in [6.45, 7) is 2.08. The molecular formula is C34H28F4N6O3. The molecule has 0 saturated carbocycles. The van der Waals surface area contributed by atoms with Gasteiger partial charge in [0.25, 0.3) is 17.7 Å². The van der Waals surface area contributed by atoms with Crippen molar-refractivity contribution in [3.8, 4) is 11.8 Å². The third-order valence-corrected chi connectivity index (χ3v) is 8.48. The fourth-order valence-electron chi connectivity index (χ4n) is 6.28. The lowest BCUT2D eigenvalue weighted by molar-refractivity contribution is -0.137. The molecular weight excluding hydrogens is 616 g/mol. The number of carbonyl (C=O) groups excluding carboxylic acids is 3. The molecule has 3 amide bonds. The smallest absolute Gasteiger partial charge is 0.339 e. The van der Waals surface area contributed by atoms with Gasteiger partial charge in [-0.3, -0.25) is 19.3 Å². The van der Waals surface area contributed by atoms with Crippen molar-refractivity contribution < 1.29 is 31.9 Å². The summed E-state index contributed by atoms with van der Waals surface area (Å²) in [6, 6.07) is 17.8. The molecule has 0 spiro atoms. The number of hydrogen-bond acceptors (Lipinski definition) is 5. The van der Waals surface area contributed by atoms with E-state index in [9.17, 15) is 37.2 Å². The lowest BCUT2D eigenvalue weighted by atomic mass is 9.80. The van der Waals surface area contributed by atoms with Crippen LogP contribution in [-0.4, -0.2) is 57.6 Å². The number of nitrogens with zero attached hydrogens (tertiary/aromatic N) is 5. The van der Waals surface area contributed by atoms with Crippen LogP contribution in [0.5, 0.6) is 0 Å². The quantitative estimate of drug-likeness (QED) is 0.281. The van der Waals surface area contributed by atoms with Gasteiger partial charge in [-0.2, -0.15) is 23.5 Å². The van der Waals surface area contributed by atoms with Gasteiger partial charge in [0.05, 0.1) is 17.3 Å². The Kier molecular flexibility index (Phi) is 8.27. The number of para-hydroxylation sites is 1. The van der Waals surface area contributed by atoms with E-state index in [1.54, 1.807) is 37.3 Å². The molecule has 0 radical (unpaired) electrons. The second-order valence-electron chi connectivity index (χ2n) is 11.3. The van der Waals surface area contributed by atoms with Crippen LogP contribution in [0.4, 0.5) is 23.4 Å². The average molecular weight is 645 g/mol. The maximum Gasteiger partial charge on any atom is 0.416 e. The molecule has 1 fully saturated rings. The third kappa shape index (κ3) is 5.71. The first-order valence-electron chi connectivity index (χ1n) is 15.0. The lowest BCUT2D eigenvalue weighted by Crippen LogP contribution is -2.55. The van der Waals surface area contributed by atoms with E-state index in [2.05, 4.69) is 11.4 Å². The number of amides is 3. The Morgan fingerprint density at radius 3 is 2.43 bits per heavy atom. The molecule has 0 aliphatic carbocycles. The van der Waals surface area contributed by atoms with Crippen molar-refractivity contribution in [1.29, 1.82) is 5.26 Å². The Labute approximate surface area is 267 Å². The first kappa shape index (κ1) is 31.5. The minimum atomic E-state index is -4.71. The lowest BCUT2D eigenvalue weighted by Gasteiger charge is -2.38. The van der Waals surface area contributed by atoms with Gasteiger partial charge < -0.3 is 10.2 Å². The summed E-state index contributed by atoms with van der Waals surface area (Å²) in [6.07, 6.45) is -3.64. The Balaban J connectivity index is 1.57. The number of rotatable bonds is 6. The topological polar surface area (TPSA) is 111 Å². The van der Waals surface area contributed by atoms with Crippen LogP contribution < -0.4 is 10.2 Å². The number of fused-ring (bicyclic) bond motifs is 1. The Bertz CT molecular complexity index is 1880. The summed E-state index contributed by atoms with van der Waals surface area (Å²) < 4.78 is 56.1. The molecule has 4 aromatic rings. The Morgan fingerprint density at radius 2 is 1.77 bits per heavy atom. The molecule has 9 nitrogen and oxygen atoms in total. The van der Waals surface area contributed by atoms with Crippen molar-refractivity contribution in [3.63, 3.8) is 0 Å². The minimum Gasteiger partial charge on any atom is -0.339 e. The normalized spacial score (nSPS) is 19.3. The highest BCUT2D eigenvalue weighted by atomic mass is 19.4. The maximum absolute atomic E-state index is 14.4. The monoisotopic (exact) mass is 644 g/mol. The van der Waals surface area contributed by atoms with Crippen LogP contribution >= 0.6 is 0 Å². The number of nitrogens with one attached hydrogen (secondary N) is 1. The molecule has 1 N–H and O–H groups in total. The van der Waals surface area contributed by atoms with Gasteiger partial charge in [0.2, 0.25) is 0 Å². The van der Waals surface area contributed by atoms with Crippen LogP contribution in [0.2, 0.25) is 0 Å². The van der Waals surface area contributed by atoms with Crippen molar-refractivity contribution in [2.45, 2.75) is 43.9 Å². The van der Waals surface area contributed by atoms with Crippen molar-refractivity contribution in [3.05, 3.63) is 113 Å². The molecule has 240 valence electrons. The van der Waals surface area contributed by atoms with Crippen molar-refractivity contribution in [2.75, 3.05) is 18.0 Å². The number of alkyl halides is 3. The molecule has 13 heteroatoms. The molecule has 3 aromatic carbocycles. The van der Waals surface area contributed by atoms with E-state index in [0.717, 1.165) is 12.1 Å². The summed E-state index contributed by atoms with van der Waals surface area (Å²) in [5, 5.41) is 17.1. The number of aromatic nitrogens is 2. The Morgan fingerprint density at radius 1 is 1.04 bits per heavy atom. The summed E-state index contributed by atoms with van der Waals surface area (Å²) in [4.78, 5) is 45.0. The van der Waals surface area contributed by atoms with Gasteiger partial charge in [0, 0.05) is 30.1 Å². The number of hydrogen-bond donors (Lipinski definition) is 1. The molecule has 2 aliphatic rings. The summed E-state index contributed by atoms with van der Waals surface area (Å²) in [7, 11) is 0. The van der Waals surface area contributed by atoms with Crippen LogP contribution in [-0.2, 0) is 11.0 Å². The minimum absolute atomic E-state index is 0.0652. The second-order valence-corrected chi connectivity index (χ2v) is 11.3. The van der Waals surface area contributed by atoms with E-state index in [1.165, 1.54) is 44.8 Å². The third-order valence-electron chi connectivity index (χ3n) is 8.48. The van der Waals surface area contributed by atoms with Gasteiger partial charge in [-0.15, -0.1) is 0 Å². The maximum atomic E-state index is 14.4. The number of benzene rings is 3. The van der Waals surface area contributed by atoms with Crippen LogP contribution in [0, 0.1) is 17.1 Å². The average Bonchev–Trinajstić information content (AvgIpc) is 3.71. The summed E-state index contributed by atoms with van der Waals surface area (Å²) >= 11 is 0. The van der Waals surface area contributed by atoms with Gasteiger partial charge in [-0.25, -0.2) is 9.07 Å². The molecule has 3 atom stereocenters. The van der Waals surface area contributed by atoms with Crippen molar-refractivity contribution in [2.24, 2.45) is 0 Å². The highest BCUT2D eigenvalue weighted by Gasteiger charge is 2.48. The highest BCUT2D eigenvalue weighted by molar-refractivity contribution is 6.07. The largest absolute Gasteiger partial charge is 0.416 e. The standard InChI is InChI=1S/C34H28F4N6O3/c1-2-42-31-27(29(33(47)43-17-7-12-25(43)19-39)41-44(31)24-10-4-3-5-11-24)26(20-13-15-23(35)16-14-20)28(32(42)46)40-30(45)21-8-6-9-22(18-21)34(36,37)38/h3-6,8-11,13-16,18,25-26,28H,2,7,12,17H2,1H3,(H,40,45)/t25-,26+,28+/m0/s1. The van der Waals surface area contributed by atoms with E-state index in [0.29, 0.717) is 36.7 Å². The molecule has 47 heavy (non-hydrogen) atoms. The molecule has 0 unspecified atom stereocenters. The van der Waals surface area contributed by atoms with Gasteiger partial charge >= 0.3 is 6.18 Å². The zero-order valence-corrected chi connectivity index (χ0v) is 25.0. The fourth-order valence-corrected chi connectivity index (χ4v) is 6.28. The van der Waals surface area contributed by atoms with Gasteiger partial charge in [-0.1, -0.05) is 36.4 Å². The Hall–Kier alpha value is -5.51. The molecule has 3 heterocycles. The SMILES string of the molecule is CCN1C(=O)[C@H](NC(=O)c2cccc(C(F)(F)F)c2)[C@H](c2ccc(F)cc2)c2c(C(=O)N3CCC[C@H]3C#N)nn(-c3ccccc3)c21. The number of halogens is 4. The summed E-state index contributed by atoms with van der Waals surface area (Å²) in [5.41, 5.74) is -0.302. The van der Waals surface area contributed by atoms with Crippen LogP contribution in [0.25, 0.3) is 5.69 Å². The predicted molar refractivity (Wildman–Crippen MR) is 162 cm³/mol. The molecule has 0 bridgehead atoms. The number of carbonyl (C=O) groups is 3. The number of nitriles is 1. The van der Waals surface area contributed by atoms with Gasteiger partial charge in [0.15, 0.2) is 5.69 Å². The highest BCUT2D eigenvalue weighted by Crippen LogP contribution is 2.44. The van der Waals surface area contributed by atoms with E-state index in [-0.39, 0.29) is 29.2 Å². The predicted octanol–water partition coefficient (Wildman–Crippen LogP) is 5.46. The number of anilines is 1. The van der Waals surface area contributed by atoms with E-state index in [4.69, 9.17) is 5.10 Å². The van der Waals surface area contributed by atoms with E-state index >= 15 is 0 Å². The first-order chi connectivity index (χ1) is 22.5. The van der Waals surface area contributed by atoms with Crippen LogP contribution in [0.15, 0.2) is 78.9 Å². The number of likely N-dealkylation sites (N-methyl/N-ethyl adjacent to an activating group) is 1. The van der Waals surface area contributed by atoms with Crippen molar-refractivity contribution in [1.82, 2.24) is 20.0 Å². The zero-order valence-electron chi connectivity index (χ0n) is 25.0. The zero-order chi connectivity index (χ0) is 33.5. The molecule has 6 rings (SSSR count). The van der Waals surface area contributed by atoms with E-state index < -0.39 is 53.3 Å². The molecule has 1 aromatic heterocycles. The molecule has 2 aliphatic heterocycles.